The molecule has 2 rings (SSSR count). The van der Waals surface area contributed by atoms with E-state index in [0.717, 1.165) is 5.56 Å². The summed E-state index contributed by atoms with van der Waals surface area (Å²) >= 11 is 11.9. The third kappa shape index (κ3) is 3.21. The van der Waals surface area contributed by atoms with E-state index in [1.165, 1.54) is 6.07 Å². The summed E-state index contributed by atoms with van der Waals surface area (Å²) in [6.07, 6.45) is 0. The molecule has 2 aromatic carbocycles. The zero-order valence-electron chi connectivity index (χ0n) is 10.4. The second-order valence-electron chi connectivity index (χ2n) is 4.04. The third-order valence-electron chi connectivity index (χ3n) is 2.75. The van der Waals surface area contributed by atoms with Gasteiger partial charge in [-0.25, -0.2) is 0 Å². The number of para-hydroxylation sites is 2. The highest BCUT2D eigenvalue weighted by molar-refractivity contribution is 6.32. The summed E-state index contributed by atoms with van der Waals surface area (Å²) in [5.74, 6) is 0.717. The van der Waals surface area contributed by atoms with Crippen molar-refractivity contribution in [1.82, 2.24) is 0 Å². The predicted molar refractivity (Wildman–Crippen MR) is 78.4 cm³/mol. The van der Waals surface area contributed by atoms with Crippen LogP contribution in [0.2, 0.25) is 5.02 Å². The molecule has 0 saturated carbocycles. The smallest absolute Gasteiger partial charge is 0.276 e. The monoisotopic (exact) mass is 311 g/mol. The SMILES string of the molecule is O=[N+]([O-])c1ccccc1COc1c(Cl)cccc1CCl. The van der Waals surface area contributed by atoms with Crippen molar-refractivity contribution in [3.63, 3.8) is 0 Å². The van der Waals surface area contributed by atoms with Gasteiger partial charge in [-0.15, -0.1) is 11.6 Å². The van der Waals surface area contributed by atoms with Gasteiger partial charge in [0, 0.05) is 11.6 Å². The molecule has 0 aliphatic carbocycles. The molecule has 0 unspecified atom stereocenters. The van der Waals surface area contributed by atoms with Crippen LogP contribution in [0, 0.1) is 10.1 Å². The van der Waals surface area contributed by atoms with Crippen LogP contribution in [0.4, 0.5) is 5.69 Å². The lowest BCUT2D eigenvalue weighted by Crippen LogP contribution is -2.02. The van der Waals surface area contributed by atoms with Gasteiger partial charge >= 0.3 is 0 Å². The van der Waals surface area contributed by atoms with Gasteiger partial charge in [0.2, 0.25) is 0 Å². The van der Waals surface area contributed by atoms with Crippen LogP contribution in [-0.4, -0.2) is 4.92 Å². The number of nitro benzene ring substituents is 1. The first-order chi connectivity index (χ1) is 9.63. The molecule has 0 aromatic heterocycles. The molecule has 0 bridgehead atoms. The van der Waals surface area contributed by atoms with Crippen LogP contribution in [0.5, 0.6) is 5.75 Å². The van der Waals surface area contributed by atoms with Crippen molar-refractivity contribution in [3.05, 3.63) is 68.7 Å². The Morgan fingerprint density at radius 1 is 1.10 bits per heavy atom. The Balaban J connectivity index is 2.24. The Hall–Kier alpha value is -1.78. The van der Waals surface area contributed by atoms with Crippen molar-refractivity contribution in [3.8, 4) is 5.75 Å². The van der Waals surface area contributed by atoms with E-state index in [2.05, 4.69) is 0 Å². The lowest BCUT2D eigenvalue weighted by molar-refractivity contribution is -0.385. The average Bonchev–Trinajstić information content (AvgIpc) is 2.46. The predicted octanol–water partition coefficient (Wildman–Crippen LogP) is 4.57. The van der Waals surface area contributed by atoms with Crippen molar-refractivity contribution in [2.75, 3.05) is 0 Å². The molecular weight excluding hydrogens is 301 g/mol. The van der Waals surface area contributed by atoms with E-state index in [-0.39, 0.29) is 18.2 Å². The molecule has 20 heavy (non-hydrogen) atoms. The summed E-state index contributed by atoms with van der Waals surface area (Å²) in [5.41, 5.74) is 1.25. The Morgan fingerprint density at radius 3 is 2.50 bits per heavy atom. The van der Waals surface area contributed by atoms with E-state index in [0.29, 0.717) is 16.3 Å². The molecule has 0 aliphatic rings. The summed E-state index contributed by atoms with van der Waals surface area (Å²) in [6, 6.07) is 11.7. The van der Waals surface area contributed by atoms with Crippen LogP contribution in [0.25, 0.3) is 0 Å². The molecular formula is C14H11Cl2NO3. The molecule has 0 amide bonds. The molecule has 0 atom stereocenters. The summed E-state index contributed by atoms with van der Waals surface area (Å²) in [6.45, 7) is 0.0603. The Bertz CT molecular complexity index is 632. The molecule has 0 saturated heterocycles. The van der Waals surface area contributed by atoms with Crippen LogP contribution in [0.15, 0.2) is 42.5 Å². The number of rotatable bonds is 5. The topological polar surface area (TPSA) is 52.4 Å². The minimum atomic E-state index is -0.437. The number of nitrogens with zero attached hydrogens (tertiary/aromatic N) is 1. The molecule has 0 aliphatic heterocycles. The molecule has 6 heteroatoms. The Labute approximate surface area is 126 Å². The molecule has 2 aromatic rings. The zero-order valence-corrected chi connectivity index (χ0v) is 11.9. The summed E-state index contributed by atoms with van der Waals surface area (Å²) < 4.78 is 5.61. The fourth-order valence-electron chi connectivity index (χ4n) is 1.78. The van der Waals surface area contributed by atoms with Gasteiger partial charge in [0.25, 0.3) is 5.69 Å². The first-order valence-electron chi connectivity index (χ1n) is 5.82. The Kier molecular flexibility index (Phi) is 4.82. The van der Waals surface area contributed by atoms with E-state index in [9.17, 15) is 10.1 Å². The number of halogens is 2. The average molecular weight is 312 g/mol. The minimum absolute atomic E-state index is 0.0203. The molecule has 0 spiro atoms. The van der Waals surface area contributed by atoms with Crippen LogP contribution < -0.4 is 4.74 Å². The highest BCUT2D eigenvalue weighted by Crippen LogP contribution is 2.31. The maximum atomic E-state index is 10.9. The third-order valence-corrected chi connectivity index (χ3v) is 3.34. The van der Waals surface area contributed by atoms with E-state index >= 15 is 0 Å². The number of alkyl halides is 1. The highest BCUT2D eigenvalue weighted by atomic mass is 35.5. The second kappa shape index (κ2) is 6.59. The van der Waals surface area contributed by atoms with E-state index in [4.69, 9.17) is 27.9 Å². The molecule has 0 fully saturated rings. The van der Waals surface area contributed by atoms with Crippen molar-refractivity contribution < 1.29 is 9.66 Å². The van der Waals surface area contributed by atoms with Gasteiger partial charge in [-0.2, -0.15) is 0 Å². The standard InChI is InChI=1S/C14H11Cl2NO3/c15-8-10-5-3-6-12(16)14(10)20-9-11-4-1-2-7-13(11)17(18)19/h1-7H,8-9H2. The zero-order chi connectivity index (χ0) is 14.5. The number of ether oxygens (including phenoxy) is 1. The van der Waals surface area contributed by atoms with Gasteiger partial charge < -0.3 is 4.74 Å². The van der Waals surface area contributed by atoms with Gasteiger partial charge in [-0.1, -0.05) is 35.9 Å². The van der Waals surface area contributed by atoms with Gasteiger partial charge in [0.15, 0.2) is 0 Å². The summed E-state index contributed by atoms with van der Waals surface area (Å²) in [5, 5.41) is 11.4. The lowest BCUT2D eigenvalue weighted by atomic mass is 10.2. The quantitative estimate of drug-likeness (QED) is 0.462. The first kappa shape index (κ1) is 14.6. The van der Waals surface area contributed by atoms with Crippen molar-refractivity contribution in [1.29, 1.82) is 0 Å². The molecule has 0 heterocycles. The Morgan fingerprint density at radius 2 is 1.80 bits per heavy atom. The number of benzene rings is 2. The highest BCUT2D eigenvalue weighted by Gasteiger charge is 2.14. The maximum Gasteiger partial charge on any atom is 0.276 e. The number of hydrogen-bond donors (Lipinski definition) is 0. The van der Waals surface area contributed by atoms with E-state index in [1.807, 2.05) is 0 Å². The number of nitro groups is 1. The van der Waals surface area contributed by atoms with E-state index < -0.39 is 4.92 Å². The second-order valence-corrected chi connectivity index (χ2v) is 4.71. The summed E-state index contributed by atoms with van der Waals surface area (Å²) in [7, 11) is 0. The van der Waals surface area contributed by atoms with Gasteiger partial charge in [-0.3, -0.25) is 10.1 Å². The van der Waals surface area contributed by atoms with E-state index in [1.54, 1.807) is 36.4 Å². The van der Waals surface area contributed by atoms with Crippen LogP contribution in [-0.2, 0) is 12.5 Å². The van der Waals surface area contributed by atoms with Gasteiger partial charge in [0.1, 0.15) is 12.4 Å². The molecule has 0 radical (unpaired) electrons. The minimum Gasteiger partial charge on any atom is -0.487 e. The van der Waals surface area contributed by atoms with Crippen molar-refractivity contribution in [2.24, 2.45) is 0 Å². The first-order valence-corrected chi connectivity index (χ1v) is 6.73. The van der Waals surface area contributed by atoms with Gasteiger partial charge in [-0.05, 0) is 12.1 Å². The fourth-order valence-corrected chi connectivity index (χ4v) is 2.24. The molecule has 4 nitrogen and oxygen atoms in total. The number of hydrogen-bond acceptors (Lipinski definition) is 3. The molecule has 104 valence electrons. The maximum absolute atomic E-state index is 10.9. The van der Waals surface area contributed by atoms with Crippen LogP contribution >= 0.6 is 23.2 Å². The molecule has 0 N–H and O–H groups in total. The van der Waals surface area contributed by atoms with Crippen LogP contribution in [0.3, 0.4) is 0 Å². The van der Waals surface area contributed by atoms with Crippen LogP contribution in [0.1, 0.15) is 11.1 Å². The lowest BCUT2D eigenvalue weighted by Gasteiger charge is -2.11. The van der Waals surface area contributed by atoms with Crippen molar-refractivity contribution in [2.45, 2.75) is 12.5 Å². The van der Waals surface area contributed by atoms with Crippen molar-refractivity contribution >= 4 is 28.9 Å². The summed E-state index contributed by atoms with van der Waals surface area (Å²) in [4.78, 5) is 10.5. The van der Waals surface area contributed by atoms with Gasteiger partial charge in [0.05, 0.1) is 21.4 Å². The largest absolute Gasteiger partial charge is 0.487 e. The fraction of sp³-hybridized carbons (Fsp3) is 0.143. The normalized spacial score (nSPS) is 10.3.